The molecule has 172 valence electrons. The number of hydrogen-bond donors (Lipinski definition) is 1. The third kappa shape index (κ3) is 5.78. The van der Waals surface area contributed by atoms with Gasteiger partial charge in [-0.05, 0) is 30.3 Å². The number of benzene rings is 2. The Morgan fingerprint density at radius 2 is 1.84 bits per heavy atom. The van der Waals surface area contributed by atoms with Crippen LogP contribution in [0, 0.1) is 15.9 Å². The highest BCUT2D eigenvalue weighted by atomic mass is 35.5. The summed E-state index contributed by atoms with van der Waals surface area (Å²) in [5, 5.41) is 12.9. The van der Waals surface area contributed by atoms with Crippen molar-refractivity contribution in [2.75, 3.05) is 25.0 Å². The molecule has 0 atom stereocenters. The van der Waals surface area contributed by atoms with Crippen LogP contribution in [0.15, 0.2) is 41.3 Å². The van der Waals surface area contributed by atoms with Crippen molar-refractivity contribution in [2.24, 2.45) is 0 Å². The van der Waals surface area contributed by atoms with Gasteiger partial charge in [0.05, 0.1) is 20.4 Å². The number of halogens is 2. The normalized spacial score (nSPS) is 11.3. The number of nitro groups is 1. The van der Waals surface area contributed by atoms with Gasteiger partial charge in [0.1, 0.15) is 0 Å². The first-order valence-electron chi connectivity index (χ1n) is 9.21. The Hall–Kier alpha value is -3.09. The van der Waals surface area contributed by atoms with Gasteiger partial charge in [-0.2, -0.15) is 8.70 Å². The average Bonchev–Trinajstić information content (AvgIpc) is 2.74. The molecule has 2 aromatic rings. The lowest BCUT2D eigenvalue weighted by Gasteiger charge is -2.19. The first-order valence-corrected chi connectivity index (χ1v) is 11.0. The molecule has 0 heterocycles. The molecule has 0 aliphatic rings. The van der Waals surface area contributed by atoms with E-state index >= 15 is 0 Å². The number of carbonyl (C=O) groups is 2. The van der Waals surface area contributed by atoms with Crippen LogP contribution >= 0.6 is 11.6 Å². The van der Waals surface area contributed by atoms with E-state index in [1.807, 2.05) is 0 Å². The number of sulfonamides is 1. The third-order valence-corrected chi connectivity index (χ3v) is 6.64. The quantitative estimate of drug-likeness (QED) is 0.326. The Morgan fingerprint density at radius 3 is 2.44 bits per heavy atom. The summed E-state index contributed by atoms with van der Waals surface area (Å²) in [6, 6.07) is 6.25. The molecule has 13 heteroatoms. The molecule has 32 heavy (non-hydrogen) atoms. The summed E-state index contributed by atoms with van der Waals surface area (Å²) in [4.78, 5) is 34.0. The van der Waals surface area contributed by atoms with Gasteiger partial charge >= 0.3 is 11.7 Å². The van der Waals surface area contributed by atoms with Crippen molar-refractivity contribution in [1.82, 2.24) is 4.31 Å². The number of ether oxygens (including phenoxy) is 1. The molecule has 0 fully saturated rings. The molecule has 1 N–H and O–H groups in total. The SMILES string of the molecule is CCN(CC)S(=O)(=O)c1ccc(Cl)c(C(=O)OCC(=O)Nc2ccc(F)c([N+](=O)[O-])c2)c1. The van der Waals surface area contributed by atoms with E-state index in [-0.39, 0.29) is 34.3 Å². The van der Waals surface area contributed by atoms with Gasteiger partial charge in [-0.3, -0.25) is 14.9 Å². The van der Waals surface area contributed by atoms with Crippen molar-refractivity contribution in [3.05, 3.63) is 62.9 Å². The predicted octanol–water partition coefficient (Wildman–Crippen LogP) is 3.21. The van der Waals surface area contributed by atoms with Crippen LogP contribution in [0.1, 0.15) is 24.2 Å². The number of carbonyl (C=O) groups excluding carboxylic acids is 2. The summed E-state index contributed by atoms with van der Waals surface area (Å²) in [6.45, 7) is 2.99. The molecule has 0 spiro atoms. The molecule has 0 saturated carbocycles. The topological polar surface area (TPSA) is 136 Å². The fourth-order valence-electron chi connectivity index (χ4n) is 2.67. The number of nitrogens with zero attached hydrogens (tertiary/aromatic N) is 2. The first-order chi connectivity index (χ1) is 15.0. The lowest BCUT2D eigenvalue weighted by molar-refractivity contribution is -0.387. The Bertz CT molecular complexity index is 1150. The van der Waals surface area contributed by atoms with E-state index in [1.54, 1.807) is 13.8 Å². The summed E-state index contributed by atoms with van der Waals surface area (Å²) in [5.74, 6) is -2.98. The largest absolute Gasteiger partial charge is 0.452 e. The number of hydrogen-bond acceptors (Lipinski definition) is 7. The zero-order chi connectivity index (χ0) is 24.1. The number of anilines is 1. The van der Waals surface area contributed by atoms with Gasteiger partial charge in [-0.15, -0.1) is 0 Å². The Morgan fingerprint density at radius 1 is 1.19 bits per heavy atom. The molecule has 0 aliphatic carbocycles. The first kappa shape index (κ1) is 25.2. The molecule has 2 rings (SSSR count). The molecular weight excluding hydrogens is 469 g/mol. The van der Waals surface area contributed by atoms with Gasteiger partial charge in [0.15, 0.2) is 6.61 Å². The molecule has 10 nitrogen and oxygen atoms in total. The predicted molar refractivity (Wildman–Crippen MR) is 114 cm³/mol. The molecule has 2 aromatic carbocycles. The minimum atomic E-state index is -3.86. The summed E-state index contributed by atoms with van der Waals surface area (Å²) in [7, 11) is -3.86. The molecule has 0 unspecified atom stereocenters. The summed E-state index contributed by atoms with van der Waals surface area (Å²) >= 11 is 5.99. The van der Waals surface area contributed by atoms with E-state index < -0.39 is 44.9 Å². The molecule has 0 radical (unpaired) electrons. The third-order valence-electron chi connectivity index (χ3n) is 4.26. The number of amides is 1. The van der Waals surface area contributed by atoms with E-state index in [2.05, 4.69) is 5.32 Å². The maximum absolute atomic E-state index is 13.4. The molecule has 1 amide bonds. The van der Waals surface area contributed by atoms with Gasteiger partial charge in [-0.1, -0.05) is 25.4 Å². The van der Waals surface area contributed by atoms with Crippen LogP contribution in [0.3, 0.4) is 0 Å². The van der Waals surface area contributed by atoms with Gasteiger partial charge in [0, 0.05) is 24.8 Å². The Balaban J connectivity index is 2.12. The van der Waals surface area contributed by atoms with Crippen LogP contribution in [0.2, 0.25) is 5.02 Å². The van der Waals surface area contributed by atoms with E-state index in [9.17, 15) is 32.5 Å². The van der Waals surface area contributed by atoms with Crippen molar-refractivity contribution < 1.29 is 32.1 Å². The highest BCUT2D eigenvalue weighted by Gasteiger charge is 2.24. The fraction of sp³-hybridized carbons (Fsp3) is 0.263. The number of rotatable bonds is 9. The molecule has 0 aromatic heterocycles. The van der Waals surface area contributed by atoms with E-state index in [4.69, 9.17) is 16.3 Å². The monoisotopic (exact) mass is 487 g/mol. The Kier molecular flexibility index (Phi) is 8.25. The standard InChI is InChI=1S/C19H19ClFN3O7S/c1-3-23(4-2)32(29,30)13-6-7-15(20)14(10-13)19(26)31-11-18(25)22-12-5-8-16(21)17(9-12)24(27)28/h5-10H,3-4,11H2,1-2H3,(H,22,25). The van der Waals surface area contributed by atoms with Crippen molar-refractivity contribution in [2.45, 2.75) is 18.7 Å². The van der Waals surface area contributed by atoms with Crippen molar-refractivity contribution >= 4 is 44.9 Å². The van der Waals surface area contributed by atoms with Crippen LogP contribution in [0.4, 0.5) is 15.8 Å². The van der Waals surface area contributed by atoms with E-state index in [0.29, 0.717) is 0 Å². The highest BCUT2D eigenvalue weighted by molar-refractivity contribution is 7.89. The molecule has 0 bridgehead atoms. The van der Waals surface area contributed by atoms with Gasteiger partial charge < -0.3 is 10.1 Å². The summed E-state index contributed by atoms with van der Waals surface area (Å²) in [5.41, 5.74) is -1.17. The van der Waals surface area contributed by atoms with Crippen LogP contribution < -0.4 is 5.32 Å². The second-order valence-corrected chi connectivity index (χ2v) is 8.62. The van der Waals surface area contributed by atoms with Crippen molar-refractivity contribution in [1.29, 1.82) is 0 Å². The maximum atomic E-state index is 13.4. The second kappa shape index (κ2) is 10.5. The van der Waals surface area contributed by atoms with E-state index in [0.717, 1.165) is 24.3 Å². The summed E-state index contributed by atoms with van der Waals surface area (Å²) < 4.78 is 44.7. The zero-order valence-corrected chi connectivity index (χ0v) is 18.6. The van der Waals surface area contributed by atoms with Crippen molar-refractivity contribution in [3.63, 3.8) is 0 Å². The smallest absolute Gasteiger partial charge is 0.340 e. The number of nitro benzene ring substituents is 1. The average molecular weight is 488 g/mol. The van der Waals surface area contributed by atoms with Crippen LogP contribution in [0.5, 0.6) is 0 Å². The highest BCUT2D eigenvalue weighted by Crippen LogP contribution is 2.24. The molecule has 0 aliphatic heterocycles. The Labute approximate surface area is 188 Å². The molecule has 0 saturated heterocycles. The van der Waals surface area contributed by atoms with Crippen LogP contribution in [0.25, 0.3) is 0 Å². The van der Waals surface area contributed by atoms with Crippen LogP contribution in [-0.2, 0) is 19.6 Å². The molecular formula is C19H19ClFN3O7S. The lowest BCUT2D eigenvalue weighted by atomic mass is 10.2. The minimum Gasteiger partial charge on any atom is -0.452 e. The minimum absolute atomic E-state index is 0.0792. The summed E-state index contributed by atoms with van der Waals surface area (Å²) in [6.07, 6.45) is 0. The van der Waals surface area contributed by atoms with Gasteiger partial charge in [0.25, 0.3) is 5.91 Å². The lowest BCUT2D eigenvalue weighted by Crippen LogP contribution is -2.30. The second-order valence-electron chi connectivity index (χ2n) is 6.28. The maximum Gasteiger partial charge on any atom is 0.340 e. The fourth-order valence-corrected chi connectivity index (χ4v) is 4.35. The number of esters is 1. The van der Waals surface area contributed by atoms with Crippen LogP contribution in [-0.4, -0.2) is 49.2 Å². The zero-order valence-electron chi connectivity index (χ0n) is 17.0. The van der Waals surface area contributed by atoms with Crippen molar-refractivity contribution in [3.8, 4) is 0 Å². The van der Waals surface area contributed by atoms with Gasteiger partial charge in [-0.25, -0.2) is 13.2 Å². The van der Waals surface area contributed by atoms with E-state index in [1.165, 1.54) is 16.4 Å². The number of nitrogens with one attached hydrogen (secondary N) is 1. The van der Waals surface area contributed by atoms with Gasteiger partial charge in [0.2, 0.25) is 15.8 Å².